The third kappa shape index (κ3) is 2.55. The summed E-state index contributed by atoms with van der Waals surface area (Å²) in [6, 6.07) is 10.4. The average Bonchev–Trinajstić information content (AvgIpc) is 3.34. The van der Waals surface area contributed by atoms with Crippen LogP contribution in [0.2, 0.25) is 0 Å². The van der Waals surface area contributed by atoms with Crippen LogP contribution in [0.15, 0.2) is 51.6 Å². The molecule has 132 valence electrons. The fourth-order valence-corrected chi connectivity index (χ4v) is 2.84. The second-order valence-corrected chi connectivity index (χ2v) is 6.30. The Balaban J connectivity index is 1.55. The highest BCUT2D eigenvalue weighted by molar-refractivity contribution is 6.06. The standard InChI is InChI=1S/C18H16N4O4/c1-11-5-7-12(8-6-11)15-19-14(26-21-15)10-22-16(23)18(2,20-17(22)24)13-4-3-9-25-13/h3-9H,10H2,1-2H3,(H,20,24). The van der Waals surface area contributed by atoms with Gasteiger partial charge in [0.1, 0.15) is 12.3 Å². The molecule has 1 aliphatic heterocycles. The summed E-state index contributed by atoms with van der Waals surface area (Å²) in [5.41, 5.74) is 0.664. The average molecular weight is 352 g/mol. The number of rotatable bonds is 4. The first kappa shape index (κ1) is 16.1. The monoisotopic (exact) mass is 352 g/mol. The van der Waals surface area contributed by atoms with Crippen LogP contribution in [-0.2, 0) is 16.9 Å². The van der Waals surface area contributed by atoms with Crippen molar-refractivity contribution in [1.82, 2.24) is 20.4 Å². The summed E-state index contributed by atoms with van der Waals surface area (Å²) < 4.78 is 10.5. The van der Waals surface area contributed by atoms with Crippen molar-refractivity contribution in [3.63, 3.8) is 0 Å². The molecule has 0 radical (unpaired) electrons. The summed E-state index contributed by atoms with van der Waals surface area (Å²) in [5, 5.41) is 6.57. The lowest BCUT2D eigenvalue weighted by molar-refractivity contribution is -0.132. The highest BCUT2D eigenvalue weighted by Gasteiger charge is 2.51. The predicted molar refractivity (Wildman–Crippen MR) is 89.6 cm³/mol. The molecule has 1 aromatic carbocycles. The Labute approximate surface area is 148 Å². The van der Waals surface area contributed by atoms with E-state index in [-0.39, 0.29) is 12.4 Å². The summed E-state index contributed by atoms with van der Waals surface area (Å²) in [5.74, 6) is 0.505. The first-order chi connectivity index (χ1) is 12.5. The first-order valence-electron chi connectivity index (χ1n) is 8.05. The lowest BCUT2D eigenvalue weighted by atomic mass is 9.99. The zero-order valence-corrected chi connectivity index (χ0v) is 14.2. The van der Waals surface area contributed by atoms with Crippen LogP contribution in [0.1, 0.15) is 24.1 Å². The number of hydrogen-bond donors (Lipinski definition) is 1. The number of aromatic nitrogens is 2. The first-order valence-corrected chi connectivity index (χ1v) is 8.05. The Morgan fingerprint density at radius 1 is 1.19 bits per heavy atom. The van der Waals surface area contributed by atoms with Gasteiger partial charge in [0.25, 0.3) is 5.91 Å². The SMILES string of the molecule is Cc1ccc(-c2noc(CN3C(=O)NC(C)(c4ccco4)C3=O)n2)cc1. The highest BCUT2D eigenvalue weighted by atomic mass is 16.5. The smallest absolute Gasteiger partial charge is 0.325 e. The molecule has 0 aliphatic carbocycles. The van der Waals surface area contributed by atoms with E-state index < -0.39 is 17.5 Å². The Morgan fingerprint density at radius 2 is 1.96 bits per heavy atom. The van der Waals surface area contributed by atoms with E-state index in [0.29, 0.717) is 11.6 Å². The van der Waals surface area contributed by atoms with E-state index in [1.54, 1.807) is 19.1 Å². The van der Waals surface area contributed by atoms with Crippen molar-refractivity contribution < 1.29 is 18.5 Å². The molecular weight excluding hydrogens is 336 g/mol. The second-order valence-electron chi connectivity index (χ2n) is 6.30. The highest BCUT2D eigenvalue weighted by Crippen LogP contribution is 2.30. The summed E-state index contributed by atoms with van der Waals surface area (Å²) in [6.45, 7) is 3.47. The molecule has 0 saturated carbocycles. The van der Waals surface area contributed by atoms with Crippen LogP contribution < -0.4 is 5.32 Å². The summed E-state index contributed by atoms with van der Waals surface area (Å²) in [6.07, 6.45) is 1.45. The van der Waals surface area contributed by atoms with Crippen molar-refractivity contribution >= 4 is 11.9 Å². The molecule has 8 nitrogen and oxygen atoms in total. The molecule has 3 amide bonds. The Bertz CT molecular complexity index is 962. The number of nitrogens with one attached hydrogen (secondary N) is 1. The molecule has 1 unspecified atom stereocenters. The molecule has 1 atom stereocenters. The number of nitrogens with zero attached hydrogens (tertiary/aromatic N) is 3. The van der Waals surface area contributed by atoms with E-state index in [0.717, 1.165) is 16.0 Å². The number of carbonyl (C=O) groups excluding carboxylic acids is 2. The van der Waals surface area contributed by atoms with Crippen LogP contribution in [0.25, 0.3) is 11.4 Å². The summed E-state index contributed by atoms with van der Waals surface area (Å²) in [7, 11) is 0. The van der Waals surface area contributed by atoms with E-state index in [4.69, 9.17) is 8.94 Å². The van der Waals surface area contributed by atoms with Gasteiger partial charge in [-0.05, 0) is 26.0 Å². The number of hydrogen-bond acceptors (Lipinski definition) is 6. The third-order valence-corrected chi connectivity index (χ3v) is 4.36. The molecule has 0 bridgehead atoms. The fourth-order valence-electron chi connectivity index (χ4n) is 2.84. The van der Waals surface area contributed by atoms with E-state index in [2.05, 4.69) is 15.5 Å². The van der Waals surface area contributed by atoms with Gasteiger partial charge in [-0.3, -0.25) is 9.69 Å². The Hall–Kier alpha value is -3.42. The Kier molecular flexibility index (Phi) is 3.61. The minimum absolute atomic E-state index is 0.111. The van der Waals surface area contributed by atoms with E-state index in [1.165, 1.54) is 6.26 Å². The van der Waals surface area contributed by atoms with E-state index in [9.17, 15) is 9.59 Å². The second kappa shape index (κ2) is 5.83. The largest absolute Gasteiger partial charge is 0.466 e. The molecule has 8 heteroatoms. The van der Waals surface area contributed by atoms with Gasteiger partial charge in [-0.25, -0.2) is 4.79 Å². The van der Waals surface area contributed by atoms with Crippen LogP contribution in [0.4, 0.5) is 4.79 Å². The van der Waals surface area contributed by atoms with Gasteiger partial charge >= 0.3 is 6.03 Å². The van der Waals surface area contributed by atoms with Gasteiger partial charge in [0.05, 0.1) is 6.26 Å². The van der Waals surface area contributed by atoms with Crippen LogP contribution in [0.5, 0.6) is 0 Å². The predicted octanol–water partition coefficient (Wildman–Crippen LogP) is 2.61. The van der Waals surface area contributed by atoms with Crippen LogP contribution in [-0.4, -0.2) is 27.0 Å². The maximum Gasteiger partial charge on any atom is 0.325 e. The van der Waals surface area contributed by atoms with Gasteiger partial charge in [0.2, 0.25) is 11.7 Å². The van der Waals surface area contributed by atoms with Gasteiger partial charge in [-0.2, -0.15) is 4.98 Å². The van der Waals surface area contributed by atoms with Crippen LogP contribution >= 0.6 is 0 Å². The van der Waals surface area contributed by atoms with Crippen molar-refractivity contribution in [2.75, 3.05) is 0 Å². The van der Waals surface area contributed by atoms with Crippen molar-refractivity contribution in [3.05, 3.63) is 59.9 Å². The lowest BCUT2D eigenvalue weighted by Gasteiger charge is -2.18. The molecule has 2 aromatic heterocycles. The van der Waals surface area contributed by atoms with Crippen molar-refractivity contribution in [1.29, 1.82) is 0 Å². The molecule has 1 N–H and O–H groups in total. The molecule has 1 fully saturated rings. The quantitative estimate of drug-likeness (QED) is 0.724. The molecular formula is C18H16N4O4. The number of furan rings is 1. The van der Waals surface area contributed by atoms with E-state index in [1.807, 2.05) is 31.2 Å². The van der Waals surface area contributed by atoms with Crippen molar-refractivity contribution in [2.45, 2.75) is 25.9 Å². The fraction of sp³-hybridized carbons (Fsp3) is 0.222. The number of amides is 3. The van der Waals surface area contributed by atoms with Crippen molar-refractivity contribution in [2.24, 2.45) is 0 Å². The van der Waals surface area contributed by atoms with Gasteiger partial charge in [0, 0.05) is 5.56 Å². The summed E-state index contributed by atoms with van der Waals surface area (Å²) >= 11 is 0. The number of benzene rings is 1. The maximum atomic E-state index is 12.7. The number of carbonyl (C=O) groups is 2. The zero-order chi connectivity index (χ0) is 18.3. The molecule has 0 spiro atoms. The Morgan fingerprint density at radius 3 is 2.65 bits per heavy atom. The summed E-state index contributed by atoms with van der Waals surface area (Å²) in [4.78, 5) is 30.3. The van der Waals surface area contributed by atoms with Gasteiger partial charge < -0.3 is 14.3 Å². The maximum absolute atomic E-state index is 12.7. The lowest BCUT2D eigenvalue weighted by Crippen LogP contribution is -2.40. The molecule has 1 saturated heterocycles. The normalized spacial score (nSPS) is 19.8. The van der Waals surface area contributed by atoms with E-state index >= 15 is 0 Å². The number of urea groups is 1. The van der Waals surface area contributed by atoms with Crippen molar-refractivity contribution in [3.8, 4) is 11.4 Å². The van der Waals surface area contributed by atoms with Crippen LogP contribution in [0, 0.1) is 6.92 Å². The number of imide groups is 1. The molecule has 3 heterocycles. The van der Waals surface area contributed by atoms with Gasteiger partial charge in [-0.1, -0.05) is 35.0 Å². The molecule has 4 rings (SSSR count). The zero-order valence-electron chi connectivity index (χ0n) is 14.2. The number of aryl methyl sites for hydroxylation is 1. The molecule has 3 aromatic rings. The third-order valence-electron chi connectivity index (χ3n) is 4.36. The van der Waals surface area contributed by atoms with Gasteiger partial charge in [-0.15, -0.1) is 0 Å². The molecule has 26 heavy (non-hydrogen) atoms. The minimum Gasteiger partial charge on any atom is -0.466 e. The van der Waals surface area contributed by atoms with Gasteiger partial charge in [0.15, 0.2) is 5.54 Å². The van der Waals surface area contributed by atoms with Crippen LogP contribution in [0.3, 0.4) is 0 Å². The topological polar surface area (TPSA) is 101 Å². The molecule has 1 aliphatic rings. The minimum atomic E-state index is -1.25.